The fourth-order valence-corrected chi connectivity index (χ4v) is 3.15. The number of aromatic nitrogens is 3. The molecule has 6 nitrogen and oxygen atoms in total. The molecule has 2 heterocycles. The minimum absolute atomic E-state index is 0.0489. The summed E-state index contributed by atoms with van der Waals surface area (Å²) in [6, 6.07) is 1.90. The molecule has 2 aromatic heterocycles. The van der Waals surface area contributed by atoms with Gasteiger partial charge < -0.3 is 14.6 Å². The number of pyridine rings is 1. The Kier molecular flexibility index (Phi) is 4.79. The number of hydrogen-bond donors (Lipinski definition) is 1. The molecule has 0 unspecified atom stereocenters. The van der Waals surface area contributed by atoms with Crippen LogP contribution in [0.2, 0.25) is 0 Å². The molecule has 25 heavy (non-hydrogen) atoms. The van der Waals surface area contributed by atoms with Crippen LogP contribution in [0.1, 0.15) is 48.8 Å². The van der Waals surface area contributed by atoms with Gasteiger partial charge in [0.1, 0.15) is 5.56 Å². The maximum Gasteiger partial charge on any atom is 0.257 e. The van der Waals surface area contributed by atoms with Crippen molar-refractivity contribution in [3.05, 3.63) is 41.6 Å². The van der Waals surface area contributed by atoms with E-state index in [2.05, 4.69) is 36.1 Å². The Morgan fingerprint density at radius 2 is 2.20 bits per heavy atom. The van der Waals surface area contributed by atoms with E-state index in [1.54, 1.807) is 19.6 Å². The van der Waals surface area contributed by atoms with Gasteiger partial charge >= 0.3 is 0 Å². The lowest BCUT2D eigenvalue weighted by Gasteiger charge is -2.32. The Morgan fingerprint density at radius 1 is 1.40 bits per heavy atom. The lowest BCUT2D eigenvalue weighted by atomic mass is 9.86. The van der Waals surface area contributed by atoms with E-state index in [1.807, 2.05) is 16.8 Å². The molecule has 0 fully saturated rings. The summed E-state index contributed by atoms with van der Waals surface area (Å²) in [5.41, 5.74) is 2.63. The van der Waals surface area contributed by atoms with Crippen LogP contribution >= 0.6 is 0 Å². The van der Waals surface area contributed by atoms with Crippen molar-refractivity contribution in [3.63, 3.8) is 0 Å². The highest BCUT2D eigenvalue weighted by molar-refractivity contribution is 5.96. The van der Waals surface area contributed by atoms with Crippen LogP contribution in [-0.4, -0.2) is 33.6 Å². The second-order valence-electron chi connectivity index (χ2n) is 7.66. The van der Waals surface area contributed by atoms with Crippen LogP contribution in [0.4, 0.5) is 0 Å². The summed E-state index contributed by atoms with van der Waals surface area (Å²) < 4.78 is 7.36. The summed E-state index contributed by atoms with van der Waals surface area (Å²) in [4.78, 5) is 21.6. The van der Waals surface area contributed by atoms with Gasteiger partial charge in [-0.3, -0.25) is 4.79 Å². The molecule has 134 valence electrons. The van der Waals surface area contributed by atoms with Crippen molar-refractivity contribution in [2.24, 2.45) is 5.41 Å². The molecular formula is C19H26N4O2. The molecule has 1 atom stereocenters. The van der Waals surface area contributed by atoms with E-state index in [-0.39, 0.29) is 17.4 Å². The molecule has 2 aromatic rings. The number of amides is 1. The molecule has 1 aliphatic carbocycles. The molecule has 6 heteroatoms. The molecule has 0 aliphatic heterocycles. The zero-order valence-corrected chi connectivity index (χ0v) is 15.4. The molecule has 0 radical (unpaired) electrons. The van der Waals surface area contributed by atoms with Crippen molar-refractivity contribution in [2.75, 3.05) is 7.11 Å². The van der Waals surface area contributed by atoms with Crippen molar-refractivity contribution in [2.45, 2.75) is 52.6 Å². The third-order valence-corrected chi connectivity index (χ3v) is 4.76. The Labute approximate surface area is 148 Å². The van der Waals surface area contributed by atoms with Gasteiger partial charge in [0.2, 0.25) is 5.88 Å². The Bertz CT molecular complexity index is 748. The van der Waals surface area contributed by atoms with Gasteiger partial charge in [-0.2, -0.15) is 0 Å². The number of imidazole rings is 1. The van der Waals surface area contributed by atoms with Crippen molar-refractivity contribution in [1.82, 2.24) is 19.9 Å². The fourth-order valence-electron chi connectivity index (χ4n) is 3.15. The van der Waals surface area contributed by atoms with Gasteiger partial charge in [-0.1, -0.05) is 20.8 Å². The van der Waals surface area contributed by atoms with Gasteiger partial charge in [0.25, 0.3) is 5.91 Å². The molecule has 0 bridgehead atoms. The molecular weight excluding hydrogens is 316 g/mol. The maximum atomic E-state index is 13.0. The van der Waals surface area contributed by atoms with E-state index in [9.17, 15) is 4.79 Å². The molecule has 1 aliphatic rings. The number of nitrogens with one attached hydrogen (secondary N) is 1. The van der Waals surface area contributed by atoms with Crippen LogP contribution in [-0.2, 0) is 19.4 Å². The first-order valence-electron chi connectivity index (χ1n) is 8.72. The molecule has 0 spiro atoms. The first-order valence-corrected chi connectivity index (χ1v) is 8.72. The van der Waals surface area contributed by atoms with Gasteiger partial charge in [0, 0.05) is 24.6 Å². The monoisotopic (exact) mass is 342 g/mol. The number of ether oxygens (including phenoxy) is 1. The van der Waals surface area contributed by atoms with E-state index >= 15 is 0 Å². The molecule has 1 amide bonds. The number of methoxy groups -OCH3 is 1. The highest BCUT2D eigenvalue weighted by Crippen LogP contribution is 2.27. The number of fused-ring (bicyclic) bond motifs is 1. The third-order valence-electron chi connectivity index (χ3n) is 4.76. The first kappa shape index (κ1) is 17.5. The van der Waals surface area contributed by atoms with E-state index < -0.39 is 0 Å². The Balaban J connectivity index is 1.84. The van der Waals surface area contributed by atoms with E-state index in [4.69, 9.17) is 4.74 Å². The van der Waals surface area contributed by atoms with Crippen LogP contribution < -0.4 is 10.1 Å². The minimum atomic E-state index is -0.140. The van der Waals surface area contributed by atoms with Crippen molar-refractivity contribution in [1.29, 1.82) is 0 Å². The van der Waals surface area contributed by atoms with Gasteiger partial charge in [-0.25, -0.2) is 9.97 Å². The Hall–Kier alpha value is -2.37. The zero-order valence-electron chi connectivity index (χ0n) is 15.4. The lowest BCUT2D eigenvalue weighted by Crippen LogP contribution is -2.46. The number of aryl methyl sites for hydroxylation is 2. The van der Waals surface area contributed by atoms with Crippen LogP contribution in [0.15, 0.2) is 24.8 Å². The second kappa shape index (κ2) is 6.86. The van der Waals surface area contributed by atoms with E-state index in [0.29, 0.717) is 18.0 Å². The number of hydrogen-bond acceptors (Lipinski definition) is 4. The van der Waals surface area contributed by atoms with E-state index in [1.165, 1.54) is 0 Å². The predicted octanol–water partition coefficient (Wildman–Crippen LogP) is 2.62. The average molecular weight is 342 g/mol. The molecule has 3 rings (SSSR count). The summed E-state index contributed by atoms with van der Waals surface area (Å²) in [7, 11) is 1.56. The highest BCUT2D eigenvalue weighted by Gasteiger charge is 2.29. The topological polar surface area (TPSA) is 69.0 Å². The number of carbonyl (C=O) groups is 1. The summed E-state index contributed by atoms with van der Waals surface area (Å²) in [5, 5.41) is 3.17. The maximum absolute atomic E-state index is 13.0. The SMILES string of the molecule is COc1nc2c(cc1C(=O)N[C@@H](Cn1ccnc1)C(C)(C)C)CCC2. The normalized spacial score (nSPS) is 14.9. The zero-order chi connectivity index (χ0) is 18.0. The predicted molar refractivity (Wildman–Crippen MR) is 95.8 cm³/mol. The van der Waals surface area contributed by atoms with Gasteiger partial charge in [-0.05, 0) is 36.3 Å². The first-order chi connectivity index (χ1) is 11.9. The largest absolute Gasteiger partial charge is 0.480 e. The molecule has 1 N–H and O–H groups in total. The van der Waals surface area contributed by atoms with E-state index in [0.717, 1.165) is 30.5 Å². The smallest absolute Gasteiger partial charge is 0.257 e. The number of nitrogens with zero attached hydrogens (tertiary/aromatic N) is 3. The van der Waals surface area contributed by atoms with Crippen molar-refractivity contribution >= 4 is 5.91 Å². The number of rotatable bonds is 5. The summed E-state index contributed by atoms with van der Waals surface area (Å²) >= 11 is 0. The standard InChI is InChI=1S/C19H26N4O2/c1-19(2,3)16(11-23-9-8-20-12-23)22-17(24)14-10-13-6-5-7-15(13)21-18(14)25-4/h8-10,12,16H,5-7,11H2,1-4H3,(H,22,24)/t16-/m0/s1. The average Bonchev–Trinajstić information content (AvgIpc) is 3.22. The van der Waals surface area contributed by atoms with Crippen LogP contribution in [0.3, 0.4) is 0 Å². The summed E-state index contributed by atoms with van der Waals surface area (Å²) in [6.07, 6.45) is 8.44. The summed E-state index contributed by atoms with van der Waals surface area (Å²) in [5.74, 6) is 0.271. The number of carbonyl (C=O) groups excluding carboxylic acids is 1. The van der Waals surface area contributed by atoms with Gasteiger partial charge in [0.15, 0.2) is 0 Å². The van der Waals surface area contributed by atoms with Crippen LogP contribution in [0.25, 0.3) is 0 Å². The highest BCUT2D eigenvalue weighted by atomic mass is 16.5. The summed E-state index contributed by atoms with van der Waals surface area (Å²) in [6.45, 7) is 7.02. The van der Waals surface area contributed by atoms with Crippen LogP contribution in [0, 0.1) is 5.41 Å². The molecule has 0 aromatic carbocycles. The third kappa shape index (κ3) is 3.83. The van der Waals surface area contributed by atoms with Crippen molar-refractivity contribution in [3.8, 4) is 5.88 Å². The van der Waals surface area contributed by atoms with Gasteiger partial charge in [0.05, 0.1) is 19.5 Å². The Morgan fingerprint density at radius 3 is 2.84 bits per heavy atom. The van der Waals surface area contributed by atoms with Gasteiger partial charge in [-0.15, -0.1) is 0 Å². The second-order valence-corrected chi connectivity index (χ2v) is 7.66. The fraction of sp³-hybridized carbons (Fsp3) is 0.526. The molecule has 0 saturated carbocycles. The lowest BCUT2D eigenvalue weighted by molar-refractivity contribution is 0.0888. The molecule has 0 saturated heterocycles. The minimum Gasteiger partial charge on any atom is -0.480 e. The quantitative estimate of drug-likeness (QED) is 0.907. The van der Waals surface area contributed by atoms with Crippen LogP contribution in [0.5, 0.6) is 5.88 Å². The van der Waals surface area contributed by atoms with Crippen molar-refractivity contribution < 1.29 is 9.53 Å².